The largest absolute Gasteiger partial charge is 0.383 e. The van der Waals surface area contributed by atoms with Crippen LogP contribution in [0.1, 0.15) is 6.42 Å². The summed E-state index contributed by atoms with van der Waals surface area (Å²) in [6, 6.07) is 3.49. The zero-order valence-electron chi connectivity index (χ0n) is 10.4. The van der Waals surface area contributed by atoms with Crippen molar-refractivity contribution in [3.63, 3.8) is 0 Å². The van der Waals surface area contributed by atoms with E-state index in [4.69, 9.17) is 15.6 Å². The van der Waals surface area contributed by atoms with Crippen molar-refractivity contribution in [2.24, 2.45) is 10.9 Å². The van der Waals surface area contributed by atoms with Crippen LogP contribution in [-0.4, -0.2) is 34.7 Å². The van der Waals surface area contributed by atoms with Crippen LogP contribution in [0.25, 0.3) is 0 Å². The summed E-state index contributed by atoms with van der Waals surface area (Å²) in [6.07, 6.45) is 0.691. The molecule has 0 radical (unpaired) electrons. The van der Waals surface area contributed by atoms with Crippen molar-refractivity contribution in [2.75, 3.05) is 31.6 Å². The molecule has 108 valence electrons. The predicted octanol–water partition coefficient (Wildman–Crippen LogP) is 0.250. The Hall–Kier alpha value is -1.22. The fraction of sp³-hybridized carbons (Fsp3) is 0.455. The Morgan fingerprint density at radius 2 is 2.05 bits per heavy atom. The summed E-state index contributed by atoms with van der Waals surface area (Å²) in [4.78, 5) is -0.248. The molecule has 0 aliphatic heterocycles. The zero-order valence-corrected chi connectivity index (χ0v) is 11.2. The summed E-state index contributed by atoms with van der Waals surface area (Å²) >= 11 is 0. The fourth-order valence-corrected chi connectivity index (χ4v) is 1.92. The molecule has 5 N–H and O–H groups in total. The molecule has 0 amide bonds. The molecule has 8 heteroatoms. The Kier molecular flexibility index (Phi) is 6.16. The van der Waals surface area contributed by atoms with E-state index in [0.29, 0.717) is 32.7 Å². The van der Waals surface area contributed by atoms with Crippen molar-refractivity contribution in [3.05, 3.63) is 24.0 Å². The third-order valence-corrected chi connectivity index (χ3v) is 3.22. The highest BCUT2D eigenvalue weighted by molar-refractivity contribution is 7.89. The third kappa shape index (κ3) is 5.52. The van der Waals surface area contributed by atoms with Gasteiger partial charge in [-0.1, -0.05) is 0 Å². The number of halogens is 1. The first-order valence-corrected chi connectivity index (χ1v) is 7.34. The molecular formula is C11H18FN3O3S. The lowest BCUT2D eigenvalue weighted by atomic mass is 10.3. The van der Waals surface area contributed by atoms with Gasteiger partial charge in [-0.2, -0.15) is 0 Å². The molecule has 0 unspecified atom stereocenters. The van der Waals surface area contributed by atoms with Crippen molar-refractivity contribution in [2.45, 2.75) is 11.3 Å². The Morgan fingerprint density at radius 1 is 1.32 bits per heavy atom. The number of benzene rings is 1. The summed E-state index contributed by atoms with van der Waals surface area (Å²) in [5.74, 6) is -0.658. The van der Waals surface area contributed by atoms with Gasteiger partial charge in [-0.15, -0.1) is 0 Å². The van der Waals surface area contributed by atoms with E-state index in [9.17, 15) is 12.8 Å². The monoisotopic (exact) mass is 291 g/mol. The van der Waals surface area contributed by atoms with Crippen molar-refractivity contribution in [1.82, 2.24) is 0 Å². The second kappa shape index (κ2) is 7.39. The minimum absolute atomic E-state index is 0.228. The number of nitrogens with one attached hydrogen (secondary N) is 1. The van der Waals surface area contributed by atoms with Crippen LogP contribution >= 0.6 is 0 Å². The molecule has 0 spiro atoms. The van der Waals surface area contributed by atoms with E-state index in [2.05, 4.69) is 5.32 Å². The van der Waals surface area contributed by atoms with Gasteiger partial charge in [-0.25, -0.2) is 17.9 Å². The standard InChI is InChI=1S/C11H18FN3O3S/c12-10-8-9(19(14,16)17)2-3-11(10)15-5-1-6-18-7-4-13/h2-3,8,15H,1,4-7,13H2,(H2,14,16,17). The zero-order chi connectivity index (χ0) is 14.3. The van der Waals surface area contributed by atoms with Gasteiger partial charge >= 0.3 is 0 Å². The quantitative estimate of drug-likeness (QED) is 0.595. The van der Waals surface area contributed by atoms with Gasteiger partial charge < -0.3 is 15.8 Å². The molecule has 1 rings (SSSR count). The molecule has 1 aromatic carbocycles. The average Bonchev–Trinajstić information content (AvgIpc) is 2.34. The van der Waals surface area contributed by atoms with E-state index in [-0.39, 0.29) is 10.6 Å². The Balaban J connectivity index is 2.47. The second-order valence-corrected chi connectivity index (χ2v) is 5.43. The van der Waals surface area contributed by atoms with Crippen molar-refractivity contribution in [1.29, 1.82) is 0 Å². The number of hydrogen-bond acceptors (Lipinski definition) is 5. The van der Waals surface area contributed by atoms with Gasteiger partial charge in [0.05, 0.1) is 17.2 Å². The van der Waals surface area contributed by atoms with Crippen LogP contribution < -0.4 is 16.2 Å². The highest BCUT2D eigenvalue weighted by atomic mass is 32.2. The molecular weight excluding hydrogens is 273 g/mol. The number of ether oxygens (including phenoxy) is 1. The number of hydrogen-bond donors (Lipinski definition) is 3. The third-order valence-electron chi connectivity index (χ3n) is 2.31. The molecule has 0 bridgehead atoms. The van der Waals surface area contributed by atoms with Crippen molar-refractivity contribution in [3.8, 4) is 0 Å². The maximum atomic E-state index is 13.6. The molecule has 1 aromatic rings. The van der Waals surface area contributed by atoms with Gasteiger partial charge in [-0.3, -0.25) is 0 Å². The SMILES string of the molecule is NCCOCCCNc1ccc(S(N)(=O)=O)cc1F. The maximum absolute atomic E-state index is 13.6. The highest BCUT2D eigenvalue weighted by Gasteiger charge is 2.11. The molecule has 19 heavy (non-hydrogen) atoms. The molecule has 0 aromatic heterocycles. The van der Waals surface area contributed by atoms with E-state index in [1.54, 1.807) is 0 Å². The summed E-state index contributed by atoms with van der Waals surface area (Å²) in [7, 11) is -3.88. The minimum Gasteiger partial charge on any atom is -0.383 e. The van der Waals surface area contributed by atoms with Gasteiger partial charge in [0.1, 0.15) is 5.82 Å². The summed E-state index contributed by atoms with van der Waals surface area (Å²) < 4.78 is 40.8. The summed E-state index contributed by atoms with van der Waals surface area (Å²) in [5, 5.41) is 7.75. The number of anilines is 1. The Labute approximate surface area is 112 Å². The molecule has 6 nitrogen and oxygen atoms in total. The number of primary sulfonamides is 1. The molecule has 0 saturated carbocycles. The normalized spacial score (nSPS) is 11.5. The van der Waals surface area contributed by atoms with Gasteiger partial charge in [0, 0.05) is 19.7 Å². The summed E-state index contributed by atoms with van der Waals surface area (Å²) in [6.45, 7) is 2.01. The Morgan fingerprint density at radius 3 is 2.63 bits per heavy atom. The van der Waals surface area contributed by atoms with Crippen LogP contribution in [-0.2, 0) is 14.8 Å². The van der Waals surface area contributed by atoms with Gasteiger partial charge in [0.2, 0.25) is 10.0 Å². The lowest BCUT2D eigenvalue weighted by Gasteiger charge is -2.08. The highest BCUT2D eigenvalue weighted by Crippen LogP contribution is 2.17. The van der Waals surface area contributed by atoms with E-state index in [1.807, 2.05) is 0 Å². The fourth-order valence-electron chi connectivity index (χ4n) is 1.40. The van der Waals surface area contributed by atoms with Crippen molar-refractivity contribution >= 4 is 15.7 Å². The van der Waals surface area contributed by atoms with Crippen molar-refractivity contribution < 1.29 is 17.5 Å². The van der Waals surface area contributed by atoms with E-state index >= 15 is 0 Å². The van der Waals surface area contributed by atoms with Gasteiger partial charge in [0.15, 0.2) is 0 Å². The summed E-state index contributed by atoms with van der Waals surface area (Å²) in [5.41, 5.74) is 5.48. The predicted molar refractivity (Wildman–Crippen MR) is 70.8 cm³/mol. The molecule has 0 fully saturated rings. The average molecular weight is 291 g/mol. The molecule has 0 aliphatic carbocycles. The minimum atomic E-state index is -3.88. The topological polar surface area (TPSA) is 107 Å². The Bertz CT molecular complexity index is 508. The van der Waals surface area contributed by atoms with Crippen LogP contribution in [0.4, 0.5) is 10.1 Å². The first-order chi connectivity index (χ1) is 8.95. The molecule has 0 saturated heterocycles. The van der Waals surface area contributed by atoms with E-state index in [0.717, 1.165) is 6.07 Å². The van der Waals surface area contributed by atoms with Crippen LogP contribution in [0.15, 0.2) is 23.1 Å². The van der Waals surface area contributed by atoms with E-state index < -0.39 is 15.8 Å². The van der Waals surface area contributed by atoms with Gasteiger partial charge in [-0.05, 0) is 24.6 Å². The van der Waals surface area contributed by atoms with E-state index in [1.165, 1.54) is 12.1 Å². The van der Waals surface area contributed by atoms with Crippen LogP contribution in [0.3, 0.4) is 0 Å². The second-order valence-electron chi connectivity index (χ2n) is 3.87. The van der Waals surface area contributed by atoms with Crippen LogP contribution in [0.5, 0.6) is 0 Å². The molecule has 0 aliphatic rings. The number of rotatable bonds is 8. The first kappa shape index (κ1) is 15.8. The molecule has 0 heterocycles. The molecule has 0 atom stereocenters. The lowest BCUT2D eigenvalue weighted by Crippen LogP contribution is -2.13. The van der Waals surface area contributed by atoms with Gasteiger partial charge in [0.25, 0.3) is 0 Å². The number of sulfonamides is 1. The van der Waals surface area contributed by atoms with Crippen LogP contribution in [0, 0.1) is 5.82 Å². The maximum Gasteiger partial charge on any atom is 0.238 e. The van der Waals surface area contributed by atoms with Crippen LogP contribution in [0.2, 0.25) is 0 Å². The first-order valence-electron chi connectivity index (χ1n) is 5.79. The smallest absolute Gasteiger partial charge is 0.238 e. The number of nitrogens with two attached hydrogens (primary N) is 2. The lowest BCUT2D eigenvalue weighted by molar-refractivity contribution is 0.141.